The lowest BCUT2D eigenvalue weighted by Crippen LogP contribution is -2.25. The molecule has 0 saturated heterocycles. The first-order valence-corrected chi connectivity index (χ1v) is 7.62. The van der Waals surface area contributed by atoms with Crippen LogP contribution < -0.4 is 4.72 Å². The van der Waals surface area contributed by atoms with Crippen LogP contribution in [0.3, 0.4) is 0 Å². The van der Waals surface area contributed by atoms with Crippen molar-refractivity contribution in [2.24, 2.45) is 0 Å². The van der Waals surface area contributed by atoms with E-state index in [0.29, 0.717) is 0 Å². The summed E-state index contributed by atoms with van der Waals surface area (Å²) in [6.45, 7) is 0. The van der Waals surface area contributed by atoms with Crippen LogP contribution in [0.1, 0.15) is 10.4 Å². The van der Waals surface area contributed by atoms with Crippen LogP contribution in [0.15, 0.2) is 40.9 Å². The first-order chi connectivity index (χ1) is 8.17. The fraction of sp³-hybridized carbons (Fsp3) is 0. The number of hydrogen-bond acceptors (Lipinski definition) is 3. The van der Waals surface area contributed by atoms with Gasteiger partial charge < -0.3 is 4.72 Å². The zero-order valence-electron chi connectivity index (χ0n) is 8.92. The highest BCUT2D eigenvalue weighted by Gasteiger charge is 2.19. The highest BCUT2D eigenvalue weighted by Crippen LogP contribution is 2.29. The molecule has 0 radical (unpaired) electrons. The van der Waals surface area contributed by atoms with Gasteiger partial charge in [-0.25, -0.2) is 4.21 Å². The van der Waals surface area contributed by atoms with E-state index in [1.807, 2.05) is 30.3 Å². The van der Waals surface area contributed by atoms with E-state index in [-0.39, 0.29) is 0 Å². The second-order valence-electron chi connectivity index (χ2n) is 3.74. The van der Waals surface area contributed by atoms with Crippen molar-refractivity contribution < 1.29 is 4.21 Å². The number of fused-ring (bicyclic) bond motifs is 1. The predicted octanol–water partition coefficient (Wildman–Crippen LogP) is 2.23. The molecular formula is C12H10N2OS2. The molecule has 0 aliphatic carbocycles. The minimum atomic E-state index is -2.46. The number of rotatable bonds is 1. The van der Waals surface area contributed by atoms with E-state index in [2.05, 4.69) is 15.6 Å². The van der Waals surface area contributed by atoms with Gasteiger partial charge in [0.2, 0.25) is 0 Å². The molecule has 1 unspecified atom stereocenters. The molecule has 1 aliphatic rings. The molecule has 1 atom stereocenters. The van der Waals surface area contributed by atoms with Gasteiger partial charge in [0.1, 0.15) is 0 Å². The van der Waals surface area contributed by atoms with Crippen LogP contribution in [0.25, 0.3) is 11.8 Å². The van der Waals surface area contributed by atoms with Gasteiger partial charge in [0.05, 0.1) is 30.7 Å². The van der Waals surface area contributed by atoms with Crippen LogP contribution in [-0.4, -0.2) is 15.1 Å². The summed E-state index contributed by atoms with van der Waals surface area (Å²) in [7, 11) is -2.46. The first kappa shape index (κ1) is 10.6. The predicted molar refractivity (Wildman–Crippen MR) is 73.1 cm³/mol. The van der Waals surface area contributed by atoms with Gasteiger partial charge >= 0.3 is 0 Å². The molecule has 2 aromatic rings. The molecule has 86 valence electrons. The van der Waals surface area contributed by atoms with E-state index in [4.69, 9.17) is 0 Å². The Labute approximate surface area is 104 Å². The summed E-state index contributed by atoms with van der Waals surface area (Å²) in [6.07, 6.45) is 3.74. The van der Waals surface area contributed by atoms with Crippen LogP contribution in [0.5, 0.6) is 0 Å². The van der Waals surface area contributed by atoms with Crippen molar-refractivity contribution in [3.8, 4) is 0 Å². The molecule has 0 fully saturated rings. The Morgan fingerprint density at radius 2 is 2.18 bits per heavy atom. The summed E-state index contributed by atoms with van der Waals surface area (Å²) in [6, 6.07) is 7.59. The number of nitrogens with zero attached hydrogens (tertiary/aromatic N) is 1. The Bertz CT molecular complexity index is 685. The Morgan fingerprint density at radius 3 is 2.94 bits per heavy atom. The maximum absolute atomic E-state index is 12.5. The Kier molecular flexibility index (Phi) is 2.31. The Hall–Kier alpha value is -1.59. The van der Waals surface area contributed by atoms with Crippen molar-refractivity contribution in [3.05, 3.63) is 46.4 Å². The smallest absolute Gasteiger partial charge is 0.0798 e. The molecule has 0 amide bonds. The third-order valence-corrected chi connectivity index (χ3v) is 4.98. The highest BCUT2D eigenvalue weighted by atomic mass is 32.2. The summed E-state index contributed by atoms with van der Waals surface area (Å²) in [5.41, 5.74) is 3.53. The minimum Gasteiger partial charge on any atom is -0.308 e. The SMILES string of the molecule is C=S1(=O)NC(c2cncs2)=Cc2ccccc21. The largest absolute Gasteiger partial charge is 0.308 e. The number of nitrogens with one attached hydrogen (secondary N) is 1. The molecule has 1 aromatic carbocycles. The van der Waals surface area contributed by atoms with Crippen molar-refractivity contribution in [1.82, 2.24) is 9.71 Å². The van der Waals surface area contributed by atoms with Gasteiger partial charge in [0, 0.05) is 6.20 Å². The van der Waals surface area contributed by atoms with E-state index < -0.39 is 9.71 Å². The average Bonchev–Trinajstić information content (AvgIpc) is 2.81. The van der Waals surface area contributed by atoms with Gasteiger partial charge in [0.15, 0.2) is 0 Å². The highest BCUT2D eigenvalue weighted by molar-refractivity contribution is 7.99. The quantitative estimate of drug-likeness (QED) is 0.801. The zero-order valence-corrected chi connectivity index (χ0v) is 10.6. The lowest BCUT2D eigenvalue weighted by Gasteiger charge is -2.21. The number of thiazole rings is 1. The second-order valence-corrected chi connectivity index (χ2v) is 6.62. The maximum atomic E-state index is 12.5. The molecular weight excluding hydrogens is 252 g/mol. The lowest BCUT2D eigenvalue weighted by molar-refractivity contribution is 0.677. The fourth-order valence-electron chi connectivity index (χ4n) is 1.79. The van der Waals surface area contributed by atoms with Crippen molar-refractivity contribution in [2.75, 3.05) is 0 Å². The Balaban J connectivity index is 2.22. The van der Waals surface area contributed by atoms with Gasteiger partial charge in [-0.2, -0.15) is 0 Å². The second kappa shape index (κ2) is 3.72. The molecule has 2 heterocycles. The molecule has 5 heteroatoms. The number of aromatic nitrogens is 1. The van der Waals surface area contributed by atoms with Gasteiger partial charge in [-0.1, -0.05) is 18.2 Å². The average molecular weight is 262 g/mol. The van der Waals surface area contributed by atoms with E-state index >= 15 is 0 Å². The van der Waals surface area contributed by atoms with Crippen molar-refractivity contribution in [1.29, 1.82) is 0 Å². The summed E-state index contributed by atoms with van der Waals surface area (Å²) in [5.74, 6) is 3.79. The van der Waals surface area contributed by atoms with Crippen LogP contribution in [0.2, 0.25) is 0 Å². The van der Waals surface area contributed by atoms with Crippen molar-refractivity contribution in [3.63, 3.8) is 0 Å². The molecule has 1 N–H and O–H groups in total. The normalized spacial score (nSPS) is 22.5. The summed E-state index contributed by atoms with van der Waals surface area (Å²) >= 11 is 1.51. The Morgan fingerprint density at radius 1 is 1.35 bits per heavy atom. The molecule has 3 rings (SSSR count). The molecule has 0 bridgehead atoms. The maximum Gasteiger partial charge on any atom is 0.0798 e. The number of hydrogen-bond donors (Lipinski definition) is 1. The number of benzene rings is 1. The molecule has 1 aliphatic heterocycles. The first-order valence-electron chi connectivity index (χ1n) is 5.01. The van der Waals surface area contributed by atoms with E-state index in [0.717, 1.165) is 21.0 Å². The van der Waals surface area contributed by atoms with Crippen LogP contribution in [0.4, 0.5) is 0 Å². The van der Waals surface area contributed by atoms with Gasteiger partial charge in [-0.3, -0.25) is 4.98 Å². The standard InChI is InChI=1S/C12H10N2OS2/c1-17(15)12-5-3-2-4-9(12)6-10(14-17)11-7-13-8-16-11/h2-8H,1H2,(H,14,15). The van der Waals surface area contributed by atoms with Gasteiger partial charge in [-0.05, 0) is 23.6 Å². The molecule has 0 spiro atoms. The molecule has 3 nitrogen and oxygen atoms in total. The van der Waals surface area contributed by atoms with Gasteiger partial charge in [0.25, 0.3) is 0 Å². The topological polar surface area (TPSA) is 42.0 Å². The fourth-order valence-corrected chi connectivity index (χ4v) is 3.89. The van der Waals surface area contributed by atoms with Crippen LogP contribution in [-0.2, 0) is 9.71 Å². The van der Waals surface area contributed by atoms with Crippen LogP contribution >= 0.6 is 11.3 Å². The van der Waals surface area contributed by atoms with E-state index in [9.17, 15) is 4.21 Å². The molecule has 0 saturated carbocycles. The molecule has 1 aromatic heterocycles. The minimum absolute atomic E-state index is 0.758. The van der Waals surface area contributed by atoms with Crippen molar-refractivity contribution >= 4 is 38.7 Å². The van der Waals surface area contributed by atoms with Crippen LogP contribution in [0, 0.1) is 0 Å². The summed E-state index contributed by atoms with van der Waals surface area (Å²) in [5, 5.41) is 0. The third-order valence-electron chi connectivity index (χ3n) is 2.55. The van der Waals surface area contributed by atoms with E-state index in [1.54, 1.807) is 11.7 Å². The van der Waals surface area contributed by atoms with Crippen molar-refractivity contribution in [2.45, 2.75) is 4.90 Å². The summed E-state index contributed by atoms with van der Waals surface area (Å²) in [4.78, 5) is 5.75. The monoisotopic (exact) mass is 262 g/mol. The lowest BCUT2D eigenvalue weighted by atomic mass is 10.2. The van der Waals surface area contributed by atoms with E-state index in [1.165, 1.54) is 11.3 Å². The third kappa shape index (κ3) is 1.77. The summed E-state index contributed by atoms with van der Waals surface area (Å²) < 4.78 is 15.5. The van der Waals surface area contributed by atoms with Gasteiger partial charge in [-0.15, -0.1) is 11.3 Å². The molecule has 17 heavy (non-hydrogen) atoms. The zero-order chi connectivity index (χ0) is 11.9.